The van der Waals surface area contributed by atoms with Crippen LogP contribution in [0.15, 0.2) is 24.3 Å². The molecule has 0 aliphatic heterocycles. The topological polar surface area (TPSA) is 243 Å². The number of benzene rings is 1. The Bertz CT molecular complexity index is 306. The molecule has 0 aliphatic rings. The molecule has 0 fully saturated rings. The van der Waals surface area contributed by atoms with Gasteiger partial charge < -0.3 is 60.3 Å². The third kappa shape index (κ3) is 80.4. The minimum Gasteiger partial charge on any atom is -0.402 e. The van der Waals surface area contributed by atoms with Crippen LogP contribution in [-0.2, 0) is 0 Å². The Hall–Kier alpha value is -0.0703. The summed E-state index contributed by atoms with van der Waals surface area (Å²) in [5, 5.41) is 86.0. The molecule has 12 N–H and O–H groups in total. The summed E-state index contributed by atoms with van der Waals surface area (Å²) in [5.74, 6) is -0.0702. The van der Waals surface area contributed by atoms with Crippen LogP contribution in [0.5, 0.6) is 0 Å². The van der Waals surface area contributed by atoms with Crippen LogP contribution >= 0.6 is 0 Å². The minimum absolute atomic E-state index is 0.0702. The monoisotopic (exact) mass is 366 g/mol. The normalized spacial score (nSPS) is 7.62. The fourth-order valence-corrected chi connectivity index (χ4v) is 0.910. The molecule has 0 amide bonds. The molecule has 18 heteroatoms. The van der Waals surface area contributed by atoms with Gasteiger partial charge in [0.15, 0.2) is 0 Å². The Balaban J connectivity index is -0.000000110. The van der Waals surface area contributed by atoms with E-state index in [4.69, 9.17) is 60.3 Å². The van der Waals surface area contributed by atoms with E-state index in [9.17, 15) is 4.39 Å². The first kappa shape index (κ1) is 31.7. The van der Waals surface area contributed by atoms with Gasteiger partial charge in [-0.15, -0.1) is 0 Å². The van der Waals surface area contributed by atoms with Gasteiger partial charge in [0, 0.05) is 0 Å². The molecule has 0 saturated carbocycles. The first-order chi connectivity index (χ1) is 10.7. The smallest absolute Gasteiger partial charge is 0.402 e. The summed E-state index contributed by atoms with van der Waals surface area (Å²) in [7, 11) is -8.67. The molecular formula is C6H16B4FNaO12. The summed E-state index contributed by atoms with van der Waals surface area (Å²) < 4.78 is 13.2. The summed E-state index contributed by atoms with van der Waals surface area (Å²) in [4.78, 5) is 0. The Labute approximate surface area is 154 Å². The second-order valence-electron chi connectivity index (χ2n) is 3.13. The van der Waals surface area contributed by atoms with Crippen molar-refractivity contribution < 1.29 is 64.7 Å². The summed E-state index contributed by atoms with van der Waals surface area (Å²) in [6.07, 6.45) is 0. The number of hydrogen-bond donors (Lipinski definition) is 12. The van der Waals surface area contributed by atoms with Crippen molar-refractivity contribution in [3.8, 4) is 0 Å². The molecule has 1 aromatic carbocycles. The van der Waals surface area contributed by atoms with Crippen molar-refractivity contribution in [2.45, 2.75) is 0 Å². The van der Waals surface area contributed by atoms with Gasteiger partial charge in [-0.1, -0.05) is 0 Å². The van der Waals surface area contributed by atoms with Crippen molar-refractivity contribution >= 4 is 60.0 Å². The molecule has 0 aromatic heterocycles. The quantitative estimate of drug-likeness (QED) is 0.192. The van der Waals surface area contributed by atoms with E-state index in [1.165, 1.54) is 6.07 Å². The SMILES string of the molecule is Fc1cccc[c]1[Na].OB(O)O.OB(O)O.OB(O)O.OB(O)O. The van der Waals surface area contributed by atoms with Gasteiger partial charge in [-0.25, -0.2) is 0 Å². The second-order valence-corrected chi connectivity index (χ2v) is 4.21. The van der Waals surface area contributed by atoms with Crippen molar-refractivity contribution in [3.63, 3.8) is 0 Å². The van der Waals surface area contributed by atoms with E-state index in [-0.39, 0.29) is 5.82 Å². The van der Waals surface area contributed by atoms with Crippen LogP contribution < -0.4 is 2.81 Å². The molecule has 0 spiro atoms. The third-order valence-corrected chi connectivity index (χ3v) is 1.89. The van der Waals surface area contributed by atoms with Crippen LogP contribution in [0.4, 0.5) is 4.39 Å². The van der Waals surface area contributed by atoms with Crippen LogP contribution in [0.25, 0.3) is 0 Å². The fraction of sp³-hybridized carbons (Fsp3) is 0. The molecule has 0 heterocycles. The van der Waals surface area contributed by atoms with Gasteiger partial charge in [0.05, 0.1) is 0 Å². The molecule has 1 rings (SSSR count). The summed E-state index contributed by atoms with van der Waals surface area (Å²) in [6.45, 7) is 0. The van der Waals surface area contributed by atoms with Crippen LogP contribution in [0.1, 0.15) is 0 Å². The van der Waals surface area contributed by atoms with Gasteiger partial charge in [-0.3, -0.25) is 0 Å². The van der Waals surface area contributed by atoms with E-state index in [1.54, 1.807) is 6.07 Å². The van der Waals surface area contributed by atoms with Gasteiger partial charge in [-0.05, 0) is 0 Å². The maximum atomic E-state index is 12.4. The summed E-state index contributed by atoms with van der Waals surface area (Å²) in [6, 6.07) is 6.85. The van der Waals surface area contributed by atoms with Gasteiger partial charge >= 0.3 is 94.5 Å². The molecule has 24 heavy (non-hydrogen) atoms. The van der Waals surface area contributed by atoms with Crippen molar-refractivity contribution in [1.82, 2.24) is 0 Å². The number of halogens is 1. The third-order valence-electron chi connectivity index (χ3n) is 1.08. The van der Waals surface area contributed by atoms with Crippen LogP contribution in [0.2, 0.25) is 0 Å². The van der Waals surface area contributed by atoms with Crippen LogP contribution in [-0.4, -0.2) is 118 Å². The molecule has 12 nitrogen and oxygen atoms in total. The van der Waals surface area contributed by atoms with Crippen molar-refractivity contribution in [3.05, 3.63) is 30.1 Å². The molecule has 132 valence electrons. The molecule has 0 saturated heterocycles. The van der Waals surface area contributed by atoms with E-state index in [2.05, 4.69) is 0 Å². The van der Waals surface area contributed by atoms with Crippen LogP contribution in [0, 0.1) is 5.82 Å². The Morgan fingerprint density at radius 1 is 0.583 bits per heavy atom. The molecule has 0 aliphatic carbocycles. The van der Waals surface area contributed by atoms with E-state index in [0.29, 0.717) is 0 Å². The predicted octanol–water partition coefficient (Wildman–Crippen LogP) is -7.59. The predicted molar refractivity (Wildman–Crippen MR) is 81.4 cm³/mol. The van der Waals surface area contributed by atoms with E-state index >= 15 is 0 Å². The van der Waals surface area contributed by atoms with Crippen molar-refractivity contribution in [2.24, 2.45) is 0 Å². The van der Waals surface area contributed by atoms with Gasteiger partial charge in [0.2, 0.25) is 0 Å². The van der Waals surface area contributed by atoms with Crippen molar-refractivity contribution in [2.75, 3.05) is 0 Å². The molecule has 0 unspecified atom stereocenters. The maximum absolute atomic E-state index is 12.4. The first-order valence-electron chi connectivity index (χ1n) is 5.61. The standard InChI is InChI=1S/C6H4F.4BH3O3.Na/c7-6-4-2-1-3-5-6;4*2-1(3)4;/h1-4H;4*2-4H;. The zero-order valence-electron chi connectivity index (χ0n) is 12.4. The zero-order chi connectivity index (χ0) is 20.3. The Morgan fingerprint density at radius 2 is 0.792 bits per heavy atom. The number of hydrogen-bond acceptors (Lipinski definition) is 12. The van der Waals surface area contributed by atoms with Gasteiger partial charge in [-0.2, -0.15) is 0 Å². The van der Waals surface area contributed by atoms with Crippen LogP contribution in [0.3, 0.4) is 0 Å². The Kier molecular flexibility index (Phi) is 30.3. The molecule has 1 aromatic rings. The maximum Gasteiger partial charge on any atom is 0.631 e. The largest absolute Gasteiger partial charge is 0.631 e. The summed E-state index contributed by atoms with van der Waals surface area (Å²) in [5.41, 5.74) is 0. The van der Waals surface area contributed by atoms with Gasteiger partial charge in [0.1, 0.15) is 0 Å². The zero-order valence-corrected chi connectivity index (χ0v) is 14.4. The average Bonchev–Trinajstić information content (AvgIpc) is 2.30. The fourth-order valence-electron chi connectivity index (χ4n) is 0.551. The number of rotatable bonds is 0. The minimum atomic E-state index is -2.17. The molecule has 0 radical (unpaired) electrons. The second kappa shape index (κ2) is 22.9. The average molecular weight is 365 g/mol. The molecular weight excluding hydrogens is 349 g/mol. The van der Waals surface area contributed by atoms with E-state index < -0.39 is 29.3 Å². The van der Waals surface area contributed by atoms with E-state index in [1.807, 2.05) is 12.1 Å². The van der Waals surface area contributed by atoms with E-state index in [0.717, 1.165) is 30.7 Å². The molecule has 0 bridgehead atoms. The van der Waals surface area contributed by atoms with Crippen molar-refractivity contribution in [1.29, 1.82) is 0 Å². The Morgan fingerprint density at radius 3 is 0.917 bits per heavy atom. The molecule has 0 atom stereocenters. The summed E-state index contributed by atoms with van der Waals surface area (Å²) >= 11 is 0.801. The van der Waals surface area contributed by atoms with Gasteiger partial charge in [0.25, 0.3) is 0 Å². The first-order valence-corrected chi connectivity index (χ1v) is 6.61.